The first-order chi connectivity index (χ1) is 8.70. The number of H-pyrrole nitrogens is 1. The molecule has 2 rings (SSSR count). The monoisotopic (exact) mass is 250 g/mol. The van der Waals surface area contributed by atoms with Crippen molar-refractivity contribution in [3.63, 3.8) is 0 Å². The molecule has 0 fully saturated rings. The second-order valence-corrected chi connectivity index (χ2v) is 3.90. The van der Waals surface area contributed by atoms with Crippen LogP contribution in [0, 0.1) is 10.1 Å². The lowest BCUT2D eigenvalue weighted by molar-refractivity contribution is -0.384. The van der Waals surface area contributed by atoms with Crippen molar-refractivity contribution in [3.05, 3.63) is 28.3 Å². The molecule has 0 bridgehead atoms. The lowest BCUT2D eigenvalue weighted by Crippen LogP contribution is -2.03. The van der Waals surface area contributed by atoms with Gasteiger partial charge < -0.3 is 15.4 Å². The number of nitro groups is 1. The number of nitrogens with one attached hydrogen (secondary N) is 2. The zero-order valence-corrected chi connectivity index (χ0v) is 9.72. The van der Waals surface area contributed by atoms with Crippen LogP contribution in [-0.2, 0) is 0 Å². The molecule has 0 radical (unpaired) electrons. The van der Waals surface area contributed by atoms with Gasteiger partial charge in [0.2, 0.25) is 5.95 Å². The molecule has 1 aromatic heterocycles. The van der Waals surface area contributed by atoms with Crippen molar-refractivity contribution in [1.82, 2.24) is 9.97 Å². The van der Waals surface area contributed by atoms with E-state index in [1.165, 1.54) is 12.1 Å². The summed E-state index contributed by atoms with van der Waals surface area (Å²) in [6, 6.07) is 4.50. The highest BCUT2D eigenvalue weighted by molar-refractivity contribution is 5.79. The van der Waals surface area contributed by atoms with Gasteiger partial charge in [-0.25, -0.2) is 4.98 Å². The molecule has 0 atom stereocenters. The SMILES string of the molecule is O=[N+]([O-])c1ccc2nc(NCCCCO)[nH]c2c1. The summed E-state index contributed by atoms with van der Waals surface area (Å²) in [4.78, 5) is 17.4. The molecule has 0 saturated heterocycles. The van der Waals surface area contributed by atoms with E-state index in [1.54, 1.807) is 6.07 Å². The van der Waals surface area contributed by atoms with Gasteiger partial charge in [-0.05, 0) is 18.9 Å². The first kappa shape index (κ1) is 12.3. The van der Waals surface area contributed by atoms with Gasteiger partial charge in [-0.15, -0.1) is 0 Å². The van der Waals surface area contributed by atoms with Gasteiger partial charge in [0, 0.05) is 25.3 Å². The molecular weight excluding hydrogens is 236 g/mol. The Morgan fingerprint density at radius 3 is 3.00 bits per heavy atom. The molecule has 0 saturated carbocycles. The summed E-state index contributed by atoms with van der Waals surface area (Å²) in [5.74, 6) is 0.587. The summed E-state index contributed by atoms with van der Waals surface area (Å²) in [6.07, 6.45) is 1.58. The van der Waals surface area contributed by atoms with E-state index >= 15 is 0 Å². The summed E-state index contributed by atoms with van der Waals surface area (Å²) in [5, 5.41) is 22.3. The van der Waals surface area contributed by atoms with E-state index in [0.29, 0.717) is 23.5 Å². The number of aliphatic hydroxyl groups excluding tert-OH is 1. The van der Waals surface area contributed by atoms with Crippen LogP contribution in [0.25, 0.3) is 11.0 Å². The van der Waals surface area contributed by atoms with E-state index in [9.17, 15) is 10.1 Å². The highest BCUT2D eigenvalue weighted by atomic mass is 16.6. The molecule has 0 aliphatic heterocycles. The van der Waals surface area contributed by atoms with Crippen molar-refractivity contribution in [2.75, 3.05) is 18.5 Å². The number of anilines is 1. The van der Waals surface area contributed by atoms with E-state index < -0.39 is 4.92 Å². The fraction of sp³-hybridized carbons (Fsp3) is 0.364. The highest BCUT2D eigenvalue weighted by Crippen LogP contribution is 2.20. The number of fused-ring (bicyclic) bond motifs is 1. The molecule has 0 unspecified atom stereocenters. The zero-order valence-electron chi connectivity index (χ0n) is 9.72. The number of aromatic amines is 1. The number of rotatable bonds is 6. The molecule has 0 amide bonds. The number of unbranched alkanes of at least 4 members (excludes halogenated alkanes) is 1. The average Bonchev–Trinajstić information content (AvgIpc) is 2.76. The molecule has 0 aliphatic rings. The summed E-state index contributed by atoms with van der Waals surface area (Å²) in [5.41, 5.74) is 1.36. The fourth-order valence-electron chi connectivity index (χ4n) is 1.64. The van der Waals surface area contributed by atoms with Crippen molar-refractivity contribution < 1.29 is 10.0 Å². The smallest absolute Gasteiger partial charge is 0.271 e. The zero-order chi connectivity index (χ0) is 13.0. The second-order valence-electron chi connectivity index (χ2n) is 3.90. The lowest BCUT2D eigenvalue weighted by Gasteiger charge is -2.00. The largest absolute Gasteiger partial charge is 0.396 e. The number of hydrogen-bond acceptors (Lipinski definition) is 5. The summed E-state index contributed by atoms with van der Waals surface area (Å²) in [6.45, 7) is 0.872. The molecule has 0 spiro atoms. The van der Waals surface area contributed by atoms with Crippen LogP contribution in [0.15, 0.2) is 18.2 Å². The number of non-ortho nitro benzene ring substituents is 1. The van der Waals surface area contributed by atoms with Gasteiger partial charge in [0.05, 0.1) is 16.0 Å². The number of imidazole rings is 1. The van der Waals surface area contributed by atoms with Crippen LogP contribution in [0.5, 0.6) is 0 Å². The van der Waals surface area contributed by atoms with E-state index in [1.807, 2.05) is 0 Å². The Kier molecular flexibility index (Phi) is 3.73. The standard InChI is InChI=1S/C11H14N4O3/c16-6-2-1-5-12-11-13-9-4-3-8(15(17)18)7-10(9)14-11/h3-4,7,16H,1-2,5-6H2,(H2,12,13,14). The maximum atomic E-state index is 10.6. The van der Waals surface area contributed by atoms with E-state index in [2.05, 4.69) is 15.3 Å². The van der Waals surface area contributed by atoms with Gasteiger partial charge >= 0.3 is 0 Å². The van der Waals surface area contributed by atoms with Crippen molar-refractivity contribution in [2.24, 2.45) is 0 Å². The molecule has 0 aliphatic carbocycles. The third kappa shape index (κ3) is 2.75. The molecule has 2 aromatic rings. The van der Waals surface area contributed by atoms with Crippen molar-refractivity contribution >= 4 is 22.7 Å². The Morgan fingerprint density at radius 2 is 2.28 bits per heavy atom. The number of aliphatic hydroxyl groups is 1. The third-order valence-corrected chi connectivity index (χ3v) is 2.55. The Balaban J connectivity index is 2.09. The molecule has 3 N–H and O–H groups in total. The van der Waals surface area contributed by atoms with Crippen LogP contribution in [0.1, 0.15) is 12.8 Å². The number of nitrogens with zero attached hydrogens (tertiary/aromatic N) is 2. The Morgan fingerprint density at radius 1 is 1.44 bits per heavy atom. The number of nitro benzene ring substituents is 1. The van der Waals surface area contributed by atoms with Crippen LogP contribution in [0.2, 0.25) is 0 Å². The van der Waals surface area contributed by atoms with E-state index in [4.69, 9.17) is 5.11 Å². The van der Waals surface area contributed by atoms with Gasteiger partial charge in [-0.2, -0.15) is 0 Å². The van der Waals surface area contributed by atoms with Gasteiger partial charge in [-0.1, -0.05) is 0 Å². The van der Waals surface area contributed by atoms with E-state index in [-0.39, 0.29) is 12.3 Å². The lowest BCUT2D eigenvalue weighted by atomic mass is 10.3. The first-order valence-electron chi connectivity index (χ1n) is 5.69. The average molecular weight is 250 g/mol. The van der Waals surface area contributed by atoms with Crippen molar-refractivity contribution in [3.8, 4) is 0 Å². The van der Waals surface area contributed by atoms with Crippen LogP contribution in [-0.4, -0.2) is 33.1 Å². The molecule has 18 heavy (non-hydrogen) atoms. The maximum absolute atomic E-state index is 10.6. The normalized spacial score (nSPS) is 10.7. The van der Waals surface area contributed by atoms with Gasteiger partial charge in [0.15, 0.2) is 0 Å². The molecule has 7 nitrogen and oxygen atoms in total. The fourth-order valence-corrected chi connectivity index (χ4v) is 1.64. The Labute approximate surface area is 103 Å². The molecule has 1 aromatic carbocycles. The molecule has 96 valence electrons. The minimum Gasteiger partial charge on any atom is -0.396 e. The predicted octanol–water partition coefficient (Wildman–Crippen LogP) is 1.66. The topological polar surface area (TPSA) is 104 Å². The molecule has 7 heteroatoms. The number of hydrogen-bond donors (Lipinski definition) is 3. The Hall–Kier alpha value is -2.15. The molecular formula is C11H14N4O3. The van der Waals surface area contributed by atoms with Crippen LogP contribution >= 0.6 is 0 Å². The maximum Gasteiger partial charge on any atom is 0.271 e. The van der Waals surface area contributed by atoms with E-state index in [0.717, 1.165) is 12.8 Å². The minimum atomic E-state index is -0.436. The number of aromatic nitrogens is 2. The van der Waals surface area contributed by atoms with Crippen molar-refractivity contribution in [2.45, 2.75) is 12.8 Å². The third-order valence-electron chi connectivity index (χ3n) is 2.55. The predicted molar refractivity (Wildman–Crippen MR) is 67.6 cm³/mol. The highest BCUT2D eigenvalue weighted by Gasteiger charge is 2.09. The summed E-state index contributed by atoms with van der Waals surface area (Å²) >= 11 is 0. The Bertz CT molecular complexity index is 552. The first-order valence-corrected chi connectivity index (χ1v) is 5.69. The van der Waals surface area contributed by atoms with Crippen LogP contribution < -0.4 is 5.32 Å². The summed E-state index contributed by atoms with van der Waals surface area (Å²) in [7, 11) is 0. The van der Waals surface area contributed by atoms with Gasteiger partial charge in [0.25, 0.3) is 5.69 Å². The molecule has 1 heterocycles. The van der Waals surface area contributed by atoms with Gasteiger partial charge in [0.1, 0.15) is 0 Å². The van der Waals surface area contributed by atoms with Crippen LogP contribution in [0.3, 0.4) is 0 Å². The van der Waals surface area contributed by atoms with Crippen LogP contribution in [0.4, 0.5) is 11.6 Å². The quantitative estimate of drug-likeness (QED) is 0.411. The second kappa shape index (κ2) is 5.46. The number of benzene rings is 1. The van der Waals surface area contributed by atoms with Gasteiger partial charge in [-0.3, -0.25) is 10.1 Å². The van der Waals surface area contributed by atoms with Crippen molar-refractivity contribution in [1.29, 1.82) is 0 Å². The minimum absolute atomic E-state index is 0.0398. The summed E-state index contributed by atoms with van der Waals surface area (Å²) < 4.78 is 0.